The minimum absolute atomic E-state index is 0.267. The van der Waals surface area contributed by atoms with Crippen molar-refractivity contribution in [3.63, 3.8) is 0 Å². The molecule has 2 nitrogen and oxygen atoms in total. The fraction of sp³-hybridized carbons (Fsp3) is 0.917. The first-order valence-corrected chi connectivity index (χ1v) is 5.84. The van der Waals surface area contributed by atoms with E-state index in [4.69, 9.17) is 4.74 Å². The molecule has 0 fully saturated rings. The van der Waals surface area contributed by atoms with E-state index in [1.807, 2.05) is 13.8 Å². The van der Waals surface area contributed by atoms with Gasteiger partial charge in [-0.1, -0.05) is 33.6 Å². The van der Waals surface area contributed by atoms with Crippen molar-refractivity contribution in [2.45, 2.75) is 65.4 Å². The molecule has 0 amide bonds. The molecule has 2 heteroatoms. The second-order valence-electron chi connectivity index (χ2n) is 3.70. The summed E-state index contributed by atoms with van der Waals surface area (Å²) in [6.07, 6.45) is 4.32. The predicted octanol–water partition coefficient (Wildman–Crippen LogP) is 3.34. The van der Waals surface area contributed by atoms with Crippen molar-refractivity contribution in [1.82, 2.24) is 0 Å². The van der Waals surface area contributed by atoms with Gasteiger partial charge in [-0.2, -0.15) is 0 Å². The summed E-state index contributed by atoms with van der Waals surface area (Å²) in [5.74, 6) is 0.267. The Morgan fingerprint density at radius 1 is 1.07 bits per heavy atom. The largest absolute Gasteiger partial charge is 0.368 e. The Labute approximate surface area is 88.0 Å². The van der Waals surface area contributed by atoms with Crippen LogP contribution in [0.4, 0.5) is 0 Å². The fourth-order valence-corrected chi connectivity index (χ4v) is 2.03. The van der Waals surface area contributed by atoms with Crippen LogP contribution in [0.25, 0.3) is 0 Å². The summed E-state index contributed by atoms with van der Waals surface area (Å²) >= 11 is 0. The van der Waals surface area contributed by atoms with Crippen LogP contribution in [-0.4, -0.2) is 18.0 Å². The summed E-state index contributed by atoms with van der Waals surface area (Å²) in [5, 5.41) is 0. The second kappa shape index (κ2) is 6.99. The number of Topliss-reactive ketones (excluding diaryl/α,β-unsaturated/α-hetero) is 1. The summed E-state index contributed by atoms with van der Waals surface area (Å²) in [6.45, 7) is 8.72. The highest BCUT2D eigenvalue weighted by Crippen LogP contribution is 2.26. The van der Waals surface area contributed by atoms with Gasteiger partial charge in [-0.15, -0.1) is 0 Å². The van der Waals surface area contributed by atoms with E-state index in [-0.39, 0.29) is 5.78 Å². The molecule has 0 unspecified atom stereocenters. The van der Waals surface area contributed by atoms with Crippen LogP contribution in [0.15, 0.2) is 0 Å². The molecular weight excluding hydrogens is 176 g/mol. The van der Waals surface area contributed by atoms with Crippen LogP contribution >= 0.6 is 0 Å². The molecule has 0 heterocycles. The molecule has 0 spiro atoms. The maximum absolute atomic E-state index is 11.9. The second-order valence-corrected chi connectivity index (χ2v) is 3.70. The van der Waals surface area contributed by atoms with Crippen LogP contribution in [0.1, 0.15) is 59.8 Å². The molecule has 0 bridgehead atoms. The average molecular weight is 200 g/mol. The average Bonchev–Trinajstić information content (AvgIpc) is 2.17. The van der Waals surface area contributed by atoms with Gasteiger partial charge in [-0.05, 0) is 19.8 Å². The van der Waals surface area contributed by atoms with E-state index >= 15 is 0 Å². The third kappa shape index (κ3) is 3.41. The van der Waals surface area contributed by atoms with Gasteiger partial charge in [0.05, 0.1) is 0 Å². The lowest BCUT2D eigenvalue weighted by Gasteiger charge is -2.31. The summed E-state index contributed by atoms with van der Waals surface area (Å²) < 4.78 is 5.71. The summed E-state index contributed by atoms with van der Waals surface area (Å²) in [5.41, 5.74) is -0.479. The third-order valence-electron chi connectivity index (χ3n) is 2.56. The summed E-state index contributed by atoms with van der Waals surface area (Å²) in [6, 6.07) is 0. The number of rotatable bonds is 8. The maximum Gasteiger partial charge on any atom is 0.164 e. The SMILES string of the molecule is CCCC(CCC)(OCC)C(=O)CC. The molecule has 0 aliphatic rings. The highest BCUT2D eigenvalue weighted by atomic mass is 16.5. The maximum atomic E-state index is 11.9. The van der Waals surface area contributed by atoms with Crippen LogP contribution in [-0.2, 0) is 9.53 Å². The molecule has 0 aromatic carbocycles. The normalized spacial score (nSPS) is 11.7. The van der Waals surface area contributed by atoms with Crippen molar-refractivity contribution >= 4 is 5.78 Å². The van der Waals surface area contributed by atoms with E-state index < -0.39 is 5.60 Å². The van der Waals surface area contributed by atoms with Crippen molar-refractivity contribution < 1.29 is 9.53 Å². The predicted molar refractivity (Wildman–Crippen MR) is 59.5 cm³/mol. The minimum atomic E-state index is -0.479. The van der Waals surface area contributed by atoms with Crippen LogP contribution < -0.4 is 0 Å². The minimum Gasteiger partial charge on any atom is -0.368 e. The zero-order valence-electron chi connectivity index (χ0n) is 10.1. The van der Waals surface area contributed by atoms with Crippen molar-refractivity contribution in [2.24, 2.45) is 0 Å². The molecule has 0 aliphatic carbocycles. The zero-order valence-corrected chi connectivity index (χ0v) is 10.1. The van der Waals surface area contributed by atoms with E-state index in [9.17, 15) is 4.79 Å². The molecule has 0 aromatic rings. The summed E-state index contributed by atoms with van der Waals surface area (Å²) in [7, 11) is 0. The fourth-order valence-electron chi connectivity index (χ4n) is 2.03. The molecule has 0 radical (unpaired) electrons. The number of carbonyl (C=O) groups excluding carboxylic acids is 1. The number of hydrogen-bond donors (Lipinski definition) is 0. The third-order valence-corrected chi connectivity index (χ3v) is 2.56. The van der Waals surface area contributed by atoms with Crippen molar-refractivity contribution in [2.75, 3.05) is 6.61 Å². The molecule has 0 aromatic heterocycles. The van der Waals surface area contributed by atoms with Crippen molar-refractivity contribution in [3.05, 3.63) is 0 Å². The van der Waals surface area contributed by atoms with Gasteiger partial charge >= 0.3 is 0 Å². The number of hydrogen-bond acceptors (Lipinski definition) is 2. The molecule has 0 saturated heterocycles. The van der Waals surface area contributed by atoms with E-state index in [2.05, 4.69) is 13.8 Å². The molecule has 0 rings (SSSR count). The van der Waals surface area contributed by atoms with E-state index in [1.165, 1.54) is 0 Å². The first-order chi connectivity index (χ1) is 6.66. The monoisotopic (exact) mass is 200 g/mol. The van der Waals surface area contributed by atoms with Crippen LogP contribution in [0.3, 0.4) is 0 Å². The Hall–Kier alpha value is -0.370. The number of ether oxygens (including phenoxy) is 1. The molecule has 0 atom stereocenters. The Morgan fingerprint density at radius 3 is 1.86 bits per heavy atom. The van der Waals surface area contributed by atoms with Crippen LogP contribution in [0.5, 0.6) is 0 Å². The van der Waals surface area contributed by atoms with Gasteiger partial charge in [0.25, 0.3) is 0 Å². The van der Waals surface area contributed by atoms with Crippen LogP contribution in [0, 0.1) is 0 Å². The Bertz CT molecular complexity index is 147. The smallest absolute Gasteiger partial charge is 0.164 e. The van der Waals surface area contributed by atoms with Gasteiger partial charge in [0.2, 0.25) is 0 Å². The highest BCUT2D eigenvalue weighted by molar-refractivity contribution is 5.87. The summed E-state index contributed by atoms with van der Waals surface area (Å²) in [4.78, 5) is 11.9. The Kier molecular flexibility index (Phi) is 6.81. The van der Waals surface area contributed by atoms with Crippen LogP contribution in [0.2, 0.25) is 0 Å². The van der Waals surface area contributed by atoms with Gasteiger partial charge in [0, 0.05) is 13.0 Å². The van der Waals surface area contributed by atoms with Gasteiger partial charge in [-0.25, -0.2) is 0 Å². The van der Waals surface area contributed by atoms with Gasteiger partial charge < -0.3 is 4.74 Å². The van der Waals surface area contributed by atoms with E-state index in [0.717, 1.165) is 25.7 Å². The number of ketones is 1. The van der Waals surface area contributed by atoms with Crippen molar-refractivity contribution in [3.8, 4) is 0 Å². The highest BCUT2D eigenvalue weighted by Gasteiger charge is 2.35. The Balaban J connectivity index is 4.62. The van der Waals surface area contributed by atoms with Crippen molar-refractivity contribution in [1.29, 1.82) is 0 Å². The molecular formula is C12H24O2. The molecule has 0 N–H and O–H groups in total. The van der Waals surface area contributed by atoms with E-state index in [0.29, 0.717) is 13.0 Å². The van der Waals surface area contributed by atoms with Gasteiger partial charge in [-0.3, -0.25) is 4.79 Å². The first kappa shape index (κ1) is 13.6. The molecule has 84 valence electrons. The lowest BCUT2D eigenvalue weighted by molar-refractivity contribution is -0.146. The quantitative estimate of drug-likeness (QED) is 0.600. The molecule has 14 heavy (non-hydrogen) atoms. The van der Waals surface area contributed by atoms with Gasteiger partial charge in [0.1, 0.15) is 5.60 Å². The lowest BCUT2D eigenvalue weighted by Crippen LogP contribution is -2.41. The number of carbonyl (C=O) groups is 1. The first-order valence-electron chi connectivity index (χ1n) is 5.84. The van der Waals surface area contributed by atoms with E-state index in [1.54, 1.807) is 0 Å². The zero-order chi connectivity index (χ0) is 11.0. The topological polar surface area (TPSA) is 26.3 Å². The molecule has 0 aliphatic heterocycles. The molecule has 0 saturated carbocycles. The van der Waals surface area contributed by atoms with Gasteiger partial charge in [0.15, 0.2) is 5.78 Å². The standard InChI is InChI=1S/C12H24O2/c1-5-9-12(10-6-2,14-8-4)11(13)7-3/h5-10H2,1-4H3. The Morgan fingerprint density at radius 2 is 1.57 bits per heavy atom. The lowest BCUT2D eigenvalue weighted by atomic mass is 9.86.